The molecule has 0 aromatic carbocycles. The molecule has 5 nitrogen and oxygen atoms in total. The van der Waals surface area contributed by atoms with Crippen molar-refractivity contribution in [2.45, 2.75) is 6.92 Å². The minimum Gasteiger partial charge on any atom is -0.450 e. The minimum atomic E-state index is -0.606. The smallest absolute Gasteiger partial charge is 0.412 e. The van der Waals surface area contributed by atoms with Gasteiger partial charge in [-0.25, -0.2) is 14.8 Å². The van der Waals surface area contributed by atoms with Crippen LogP contribution >= 0.6 is 15.9 Å². The molecule has 0 spiro atoms. The fourth-order valence-corrected chi connectivity index (χ4v) is 1.10. The third-order valence-corrected chi connectivity index (χ3v) is 1.76. The molecule has 0 bridgehead atoms. The van der Waals surface area contributed by atoms with E-state index in [0.29, 0.717) is 4.60 Å². The number of carbonyl (C=O) groups excluding carboxylic acids is 1. The van der Waals surface area contributed by atoms with Gasteiger partial charge in [0, 0.05) is 0 Å². The van der Waals surface area contributed by atoms with E-state index in [0.717, 1.165) is 0 Å². The Labute approximate surface area is 95.4 Å². The van der Waals surface area contributed by atoms with E-state index < -0.39 is 6.09 Å². The molecule has 1 amide bonds. The summed E-state index contributed by atoms with van der Waals surface area (Å²) in [6.45, 7) is 1.98. The SMILES string of the molecule is C#Cc1nc(Br)cnc1NC(=O)OCC. The van der Waals surface area contributed by atoms with Crippen molar-refractivity contribution in [1.29, 1.82) is 0 Å². The van der Waals surface area contributed by atoms with Crippen molar-refractivity contribution in [3.63, 3.8) is 0 Å². The summed E-state index contributed by atoms with van der Waals surface area (Å²) in [5.74, 6) is 2.52. The molecule has 1 heterocycles. The van der Waals surface area contributed by atoms with Crippen molar-refractivity contribution < 1.29 is 9.53 Å². The van der Waals surface area contributed by atoms with Crippen LogP contribution in [0.5, 0.6) is 0 Å². The third kappa shape index (κ3) is 3.22. The van der Waals surface area contributed by atoms with E-state index in [1.807, 2.05) is 0 Å². The lowest BCUT2D eigenvalue weighted by Gasteiger charge is -2.05. The Kier molecular flexibility index (Phi) is 4.06. The Morgan fingerprint density at radius 2 is 2.53 bits per heavy atom. The lowest BCUT2D eigenvalue weighted by Crippen LogP contribution is -2.15. The molecule has 1 aromatic heterocycles. The zero-order chi connectivity index (χ0) is 11.3. The van der Waals surface area contributed by atoms with Gasteiger partial charge in [-0.05, 0) is 28.8 Å². The van der Waals surface area contributed by atoms with Crippen molar-refractivity contribution in [2.75, 3.05) is 11.9 Å². The van der Waals surface area contributed by atoms with Crippen LogP contribution < -0.4 is 5.32 Å². The molecule has 1 aromatic rings. The van der Waals surface area contributed by atoms with Gasteiger partial charge < -0.3 is 4.74 Å². The number of nitrogens with zero attached hydrogens (tertiary/aromatic N) is 2. The first-order valence-electron chi connectivity index (χ1n) is 4.10. The molecule has 15 heavy (non-hydrogen) atoms. The number of carbonyl (C=O) groups is 1. The standard InChI is InChI=1S/C9H8BrN3O2/c1-3-6-8(11-5-7(10)12-6)13-9(14)15-4-2/h1,5H,4H2,2H3,(H,11,13,14). The molecule has 0 saturated carbocycles. The summed E-state index contributed by atoms with van der Waals surface area (Å²) in [7, 11) is 0. The number of aromatic nitrogens is 2. The van der Waals surface area contributed by atoms with E-state index in [2.05, 4.69) is 41.9 Å². The Hall–Kier alpha value is -1.61. The van der Waals surface area contributed by atoms with Crippen molar-refractivity contribution in [2.24, 2.45) is 0 Å². The Morgan fingerprint density at radius 3 is 3.13 bits per heavy atom. The lowest BCUT2D eigenvalue weighted by molar-refractivity contribution is 0.168. The van der Waals surface area contributed by atoms with Crippen LogP contribution in [0.15, 0.2) is 10.8 Å². The van der Waals surface area contributed by atoms with Crippen molar-refractivity contribution in [3.8, 4) is 12.3 Å². The van der Waals surface area contributed by atoms with Crippen LogP contribution in [-0.4, -0.2) is 22.7 Å². The first kappa shape index (κ1) is 11.5. The zero-order valence-electron chi connectivity index (χ0n) is 7.95. The number of anilines is 1. The maximum atomic E-state index is 11.1. The number of nitrogens with one attached hydrogen (secondary N) is 1. The summed E-state index contributed by atoms with van der Waals surface area (Å²) in [5, 5.41) is 2.39. The van der Waals surface area contributed by atoms with Gasteiger partial charge >= 0.3 is 6.09 Å². The number of ether oxygens (including phenoxy) is 1. The molecule has 1 N–H and O–H groups in total. The number of hydrogen-bond acceptors (Lipinski definition) is 4. The molecule has 0 radical (unpaired) electrons. The zero-order valence-corrected chi connectivity index (χ0v) is 9.54. The fourth-order valence-electron chi connectivity index (χ4n) is 0.824. The van der Waals surface area contributed by atoms with Crippen molar-refractivity contribution in [3.05, 3.63) is 16.5 Å². The van der Waals surface area contributed by atoms with E-state index in [-0.39, 0.29) is 18.1 Å². The van der Waals surface area contributed by atoms with Crippen LogP contribution in [0, 0.1) is 12.3 Å². The van der Waals surface area contributed by atoms with Crippen molar-refractivity contribution >= 4 is 27.8 Å². The Morgan fingerprint density at radius 1 is 1.80 bits per heavy atom. The van der Waals surface area contributed by atoms with Gasteiger partial charge in [0.15, 0.2) is 11.5 Å². The largest absolute Gasteiger partial charge is 0.450 e. The van der Waals surface area contributed by atoms with Crippen LogP contribution in [0.4, 0.5) is 10.6 Å². The highest BCUT2D eigenvalue weighted by atomic mass is 79.9. The molecule has 0 aliphatic heterocycles. The predicted molar refractivity (Wildman–Crippen MR) is 58.3 cm³/mol. The van der Waals surface area contributed by atoms with Crippen molar-refractivity contribution in [1.82, 2.24) is 9.97 Å². The van der Waals surface area contributed by atoms with Crippen LogP contribution in [-0.2, 0) is 4.74 Å². The van der Waals surface area contributed by atoms with E-state index in [1.165, 1.54) is 6.20 Å². The number of rotatable bonds is 2. The summed E-state index contributed by atoms with van der Waals surface area (Å²) in [6, 6.07) is 0. The fraction of sp³-hybridized carbons (Fsp3) is 0.222. The number of amides is 1. The second-order valence-electron chi connectivity index (χ2n) is 2.38. The van der Waals surface area contributed by atoms with Gasteiger partial charge in [0.25, 0.3) is 0 Å². The highest BCUT2D eigenvalue weighted by molar-refractivity contribution is 9.10. The highest BCUT2D eigenvalue weighted by Crippen LogP contribution is 2.12. The predicted octanol–water partition coefficient (Wildman–Crippen LogP) is 1.79. The molecule has 1 rings (SSSR count). The van der Waals surface area contributed by atoms with Crippen LogP contribution in [0.1, 0.15) is 12.6 Å². The second kappa shape index (κ2) is 5.32. The summed E-state index contributed by atoms with van der Waals surface area (Å²) < 4.78 is 5.18. The summed E-state index contributed by atoms with van der Waals surface area (Å²) in [6.07, 6.45) is 6.03. The average Bonchev–Trinajstić information content (AvgIpc) is 2.21. The molecule has 0 unspecified atom stereocenters. The van der Waals surface area contributed by atoms with Gasteiger partial charge in [-0.2, -0.15) is 0 Å². The molecule has 0 atom stereocenters. The van der Waals surface area contributed by atoms with Gasteiger partial charge in [-0.15, -0.1) is 6.42 Å². The normalized spacial score (nSPS) is 9.13. The molecule has 0 fully saturated rings. The van der Waals surface area contributed by atoms with Gasteiger partial charge in [0.05, 0.1) is 12.8 Å². The maximum absolute atomic E-state index is 11.1. The Balaban J connectivity index is 2.86. The van der Waals surface area contributed by atoms with Gasteiger partial charge in [0.1, 0.15) is 4.60 Å². The Bertz CT molecular complexity index is 414. The maximum Gasteiger partial charge on any atom is 0.412 e. The molecular formula is C9H8BrN3O2. The molecular weight excluding hydrogens is 262 g/mol. The monoisotopic (exact) mass is 269 g/mol. The molecule has 6 heteroatoms. The van der Waals surface area contributed by atoms with Gasteiger partial charge in [0.2, 0.25) is 0 Å². The highest BCUT2D eigenvalue weighted by Gasteiger charge is 2.08. The average molecular weight is 270 g/mol. The third-order valence-electron chi connectivity index (χ3n) is 1.38. The van der Waals surface area contributed by atoms with Gasteiger partial charge in [-0.1, -0.05) is 0 Å². The van der Waals surface area contributed by atoms with E-state index in [1.54, 1.807) is 6.92 Å². The quantitative estimate of drug-likeness (QED) is 0.832. The molecule has 0 aliphatic rings. The number of hydrogen-bond donors (Lipinski definition) is 1. The lowest BCUT2D eigenvalue weighted by atomic mass is 10.4. The van der Waals surface area contributed by atoms with E-state index in [9.17, 15) is 4.79 Å². The van der Waals surface area contributed by atoms with Crippen LogP contribution in [0.3, 0.4) is 0 Å². The summed E-state index contributed by atoms with van der Waals surface area (Å²) in [4.78, 5) is 18.9. The first-order valence-corrected chi connectivity index (χ1v) is 4.89. The number of halogens is 1. The minimum absolute atomic E-state index is 0.208. The van der Waals surface area contributed by atoms with Crippen LogP contribution in [0.25, 0.3) is 0 Å². The first-order chi connectivity index (χ1) is 7.17. The molecule has 0 aliphatic carbocycles. The summed E-state index contributed by atoms with van der Waals surface area (Å²) in [5.41, 5.74) is 0.248. The molecule has 0 saturated heterocycles. The molecule has 78 valence electrons. The topological polar surface area (TPSA) is 64.1 Å². The van der Waals surface area contributed by atoms with E-state index >= 15 is 0 Å². The van der Waals surface area contributed by atoms with Gasteiger partial charge in [-0.3, -0.25) is 5.32 Å². The second-order valence-corrected chi connectivity index (χ2v) is 3.19. The van der Waals surface area contributed by atoms with Crippen LogP contribution in [0.2, 0.25) is 0 Å². The number of terminal acetylenes is 1. The summed E-state index contributed by atoms with van der Waals surface area (Å²) >= 11 is 3.12. The van der Waals surface area contributed by atoms with E-state index in [4.69, 9.17) is 6.42 Å².